The van der Waals surface area contributed by atoms with E-state index in [-0.39, 0.29) is 18.0 Å². The standard InChI is InChI=1S/C21H29N3O3/c25-20(12-16-11-14-3-4-15(16)10-14)23-17-5-7-18(8-6-17)24-21(26)22-13-19-2-1-9-27-19/h5-8,14-16,19H,1-4,9-13H2,(H,23,25)(H2,22,24,26). The summed E-state index contributed by atoms with van der Waals surface area (Å²) >= 11 is 0. The normalized spacial score (nSPS) is 28.9. The molecule has 4 atom stereocenters. The molecule has 1 saturated heterocycles. The van der Waals surface area contributed by atoms with Gasteiger partial charge in [-0.25, -0.2) is 4.79 Å². The average Bonchev–Trinajstić information content (AvgIpc) is 3.40. The average molecular weight is 371 g/mol. The molecule has 0 aromatic heterocycles. The van der Waals surface area contributed by atoms with Crippen molar-refractivity contribution in [2.75, 3.05) is 23.8 Å². The molecule has 2 aliphatic carbocycles. The van der Waals surface area contributed by atoms with Crippen molar-refractivity contribution in [2.45, 2.75) is 51.0 Å². The molecule has 3 amide bonds. The van der Waals surface area contributed by atoms with E-state index in [1.807, 2.05) is 12.1 Å². The summed E-state index contributed by atoms with van der Waals surface area (Å²) in [4.78, 5) is 24.3. The SMILES string of the molecule is O=C(CC1CC2CCC1C2)Nc1ccc(NC(=O)NCC2CCCO2)cc1. The van der Waals surface area contributed by atoms with E-state index in [2.05, 4.69) is 16.0 Å². The molecule has 3 fully saturated rings. The first-order valence-corrected chi connectivity index (χ1v) is 10.2. The largest absolute Gasteiger partial charge is 0.376 e. The lowest BCUT2D eigenvalue weighted by Gasteiger charge is -2.20. The van der Waals surface area contributed by atoms with Crippen LogP contribution < -0.4 is 16.0 Å². The van der Waals surface area contributed by atoms with Crippen molar-refractivity contribution in [1.82, 2.24) is 5.32 Å². The van der Waals surface area contributed by atoms with E-state index in [4.69, 9.17) is 4.74 Å². The molecule has 1 aliphatic heterocycles. The Morgan fingerprint density at radius 2 is 1.78 bits per heavy atom. The zero-order valence-corrected chi connectivity index (χ0v) is 15.7. The molecular weight excluding hydrogens is 342 g/mol. The Balaban J connectivity index is 1.20. The molecule has 3 N–H and O–H groups in total. The third-order valence-corrected chi connectivity index (χ3v) is 6.27. The Morgan fingerprint density at radius 1 is 1.00 bits per heavy atom. The number of ether oxygens (including phenoxy) is 1. The van der Waals surface area contributed by atoms with Crippen molar-refractivity contribution in [3.8, 4) is 0 Å². The van der Waals surface area contributed by atoms with Gasteiger partial charge in [0, 0.05) is 30.9 Å². The van der Waals surface area contributed by atoms with Gasteiger partial charge in [0.15, 0.2) is 0 Å². The predicted octanol–water partition coefficient (Wildman–Crippen LogP) is 3.75. The van der Waals surface area contributed by atoms with E-state index < -0.39 is 0 Å². The second kappa shape index (κ2) is 8.30. The lowest BCUT2D eigenvalue weighted by molar-refractivity contribution is -0.117. The number of rotatable bonds is 6. The van der Waals surface area contributed by atoms with Crippen LogP contribution in [0.2, 0.25) is 0 Å². The van der Waals surface area contributed by atoms with Gasteiger partial charge in [0.2, 0.25) is 5.91 Å². The zero-order chi connectivity index (χ0) is 18.6. The van der Waals surface area contributed by atoms with E-state index in [0.29, 0.717) is 24.6 Å². The fourth-order valence-corrected chi connectivity index (χ4v) is 4.90. The first kappa shape index (κ1) is 18.3. The molecule has 3 aliphatic rings. The number of carbonyl (C=O) groups excluding carboxylic acids is 2. The van der Waals surface area contributed by atoms with Crippen LogP contribution in [-0.4, -0.2) is 31.2 Å². The van der Waals surface area contributed by atoms with E-state index in [0.717, 1.165) is 37.0 Å². The van der Waals surface area contributed by atoms with Crippen LogP contribution in [-0.2, 0) is 9.53 Å². The van der Waals surface area contributed by atoms with Gasteiger partial charge in [-0.2, -0.15) is 0 Å². The number of hydrogen-bond donors (Lipinski definition) is 3. The van der Waals surface area contributed by atoms with E-state index >= 15 is 0 Å². The smallest absolute Gasteiger partial charge is 0.319 e. The van der Waals surface area contributed by atoms with E-state index in [1.165, 1.54) is 25.7 Å². The van der Waals surface area contributed by atoms with E-state index in [1.54, 1.807) is 12.1 Å². The number of fused-ring (bicyclic) bond motifs is 2. The number of urea groups is 1. The van der Waals surface area contributed by atoms with Crippen LogP contribution in [0.3, 0.4) is 0 Å². The maximum Gasteiger partial charge on any atom is 0.319 e. The molecule has 0 spiro atoms. The minimum atomic E-state index is -0.237. The highest BCUT2D eigenvalue weighted by molar-refractivity contribution is 5.92. The van der Waals surface area contributed by atoms with Gasteiger partial charge < -0.3 is 20.7 Å². The van der Waals surface area contributed by atoms with Gasteiger partial charge >= 0.3 is 6.03 Å². The van der Waals surface area contributed by atoms with Gasteiger partial charge in [-0.3, -0.25) is 4.79 Å². The van der Waals surface area contributed by atoms with Gasteiger partial charge in [-0.05, 0) is 74.1 Å². The van der Waals surface area contributed by atoms with Gasteiger partial charge in [0.25, 0.3) is 0 Å². The fourth-order valence-electron chi connectivity index (χ4n) is 4.90. The Morgan fingerprint density at radius 3 is 2.41 bits per heavy atom. The second-order valence-corrected chi connectivity index (χ2v) is 8.23. The molecule has 6 heteroatoms. The number of hydrogen-bond acceptors (Lipinski definition) is 3. The Labute approximate surface area is 160 Å². The molecule has 4 rings (SSSR count). The van der Waals surface area contributed by atoms with Gasteiger partial charge in [-0.15, -0.1) is 0 Å². The minimum Gasteiger partial charge on any atom is -0.376 e. The maximum absolute atomic E-state index is 12.3. The molecule has 146 valence electrons. The van der Waals surface area contributed by atoms with Crippen LogP contribution in [0.1, 0.15) is 44.9 Å². The van der Waals surface area contributed by atoms with Crippen molar-refractivity contribution in [1.29, 1.82) is 0 Å². The third-order valence-electron chi connectivity index (χ3n) is 6.27. The molecule has 6 nitrogen and oxygen atoms in total. The molecule has 27 heavy (non-hydrogen) atoms. The molecule has 1 aromatic carbocycles. The van der Waals surface area contributed by atoms with Crippen molar-refractivity contribution >= 4 is 23.3 Å². The van der Waals surface area contributed by atoms with Crippen LogP contribution in [0.25, 0.3) is 0 Å². The Hall–Kier alpha value is -2.08. The third kappa shape index (κ3) is 4.80. The van der Waals surface area contributed by atoms with Gasteiger partial charge in [-0.1, -0.05) is 6.42 Å². The van der Waals surface area contributed by atoms with Crippen molar-refractivity contribution in [2.24, 2.45) is 17.8 Å². The first-order valence-electron chi connectivity index (χ1n) is 10.2. The van der Waals surface area contributed by atoms with Crippen LogP contribution in [0.5, 0.6) is 0 Å². The summed E-state index contributed by atoms with van der Waals surface area (Å²) in [6.07, 6.45) is 8.03. The highest BCUT2D eigenvalue weighted by atomic mass is 16.5. The quantitative estimate of drug-likeness (QED) is 0.712. The summed E-state index contributed by atoms with van der Waals surface area (Å²) in [6.45, 7) is 1.31. The first-order chi connectivity index (χ1) is 13.2. The second-order valence-electron chi connectivity index (χ2n) is 8.23. The van der Waals surface area contributed by atoms with Crippen LogP contribution >= 0.6 is 0 Å². The lowest BCUT2D eigenvalue weighted by atomic mass is 9.86. The number of anilines is 2. The van der Waals surface area contributed by atoms with E-state index in [9.17, 15) is 9.59 Å². The predicted molar refractivity (Wildman–Crippen MR) is 105 cm³/mol. The lowest BCUT2D eigenvalue weighted by Crippen LogP contribution is -2.35. The molecule has 2 bridgehead atoms. The molecule has 0 radical (unpaired) electrons. The van der Waals surface area contributed by atoms with Gasteiger partial charge in [0.1, 0.15) is 0 Å². The number of amides is 3. The van der Waals surface area contributed by atoms with Crippen LogP contribution in [0.4, 0.5) is 16.2 Å². The number of nitrogens with one attached hydrogen (secondary N) is 3. The highest BCUT2D eigenvalue weighted by Crippen LogP contribution is 2.49. The maximum atomic E-state index is 12.3. The molecule has 4 unspecified atom stereocenters. The Kier molecular flexibility index (Phi) is 5.62. The minimum absolute atomic E-state index is 0.0996. The molecule has 2 saturated carbocycles. The molecular formula is C21H29N3O3. The summed E-state index contributed by atoms with van der Waals surface area (Å²) in [7, 11) is 0. The highest BCUT2D eigenvalue weighted by Gasteiger charge is 2.40. The van der Waals surface area contributed by atoms with Crippen LogP contribution in [0, 0.1) is 17.8 Å². The molecule has 1 heterocycles. The summed E-state index contributed by atoms with van der Waals surface area (Å²) in [5.41, 5.74) is 1.47. The Bertz CT molecular complexity index is 670. The fraction of sp³-hybridized carbons (Fsp3) is 0.619. The summed E-state index contributed by atoms with van der Waals surface area (Å²) < 4.78 is 5.49. The monoisotopic (exact) mass is 371 g/mol. The van der Waals surface area contributed by atoms with Crippen molar-refractivity contribution in [3.05, 3.63) is 24.3 Å². The van der Waals surface area contributed by atoms with Crippen molar-refractivity contribution in [3.63, 3.8) is 0 Å². The molecule has 1 aromatic rings. The summed E-state index contributed by atoms with van der Waals surface area (Å²) in [5, 5.41) is 8.62. The summed E-state index contributed by atoms with van der Waals surface area (Å²) in [6, 6.07) is 7.03. The van der Waals surface area contributed by atoms with Crippen molar-refractivity contribution < 1.29 is 14.3 Å². The van der Waals surface area contributed by atoms with Crippen LogP contribution in [0.15, 0.2) is 24.3 Å². The summed E-state index contributed by atoms with van der Waals surface area (Å²) in [5.74, 6) is 2.30. The topological polar surface area (TPSA) is 79.5 Å². The zero-order valence-electron chi connectivity index (χ0n) is 15.7. The number of carbonyl (C=O) groups is 2. The number of benzene rings is 1. The van der Waals surface area contributed by atoms with Gasteiger partial charge in [0.05, 0.1) is 6.10 Å².